The molecule has 7 nitrogen and oxygen atoms in total. The van der Waals surface area contributed by atoms with Gasteiger partial charge in [-0.15, -0.1) is 0 Å². The summed E-state index contributed by atoms with van der Waals surface area (Å²) in [6.45, 7) is 5.21. The molecule has 7 heteroatoms. The molecule has 128 valence electrons. The average molecular weight is 325 g/mol. The highest BCUT2D eigenvalue weighted by atomic mass is 16.7. The van der Waals surface area contributed by atoms with Crippen molar-refractivity contribution < 1.29 is 28.5 Å². The van der Waals surface area contributed by atoms with Crippen LogP contribution in [0.15, 0.2) is 24.3 Å². The third kappa shape index (κ3) is 6.15. The summed E-state index contributed by atoms with van der Waals surface area (Å²) >= 11 is 0. The van der Waals surface area contributed by atoms with Gasteiger partial charge in [0.2, 0.25) is 0 Å². The van der Waals surface area contributed by atoms with Crippen LogP contribution in [0.3, 0.4) is 0 Å². The van der Waals surface area contributed by atoms with E-state index in [1.807, 2.05) is 0 Å². The molecule has 1 aromatic carbocycles. The van der Waals surface area contributed by atoms with E-state index in [9.17, 15) is 9.59 Å². The van der Waals surface area contributed by atoms with Crippen LogP contribution in [0.2, 0.25) is 0 Å². The van der Waals surface area contributed by atoms with Crippen molar-refractivity contribution in [2.45, 2.75) is 32.4 Å². The number of carbonyl (C=O) groups is 2. The molecule has 1 N–H and O–H groups in total. The van der Waals surface area contributed by atoms with Crippen LogP contribution in [0, 0.1) is 0 Å². The van der Waals surface area contributed by atoms with Gasteiger partial charge in [0.1, 0.15) is 11.4 Å². The molecule has 0 heterocycles. The topological polar surface area (TPSA) is 83.1 Å². The zero-order valence-corrected chi connectivity index (χ0v) is 14.0. The summed E-state index contributed by atoms with van der Waals surface area (Å²) in [6.07, 6.45) is -0.727. The molecule has 1 atom stereocenters. The predicted molar refractivity (Wildman–Crippen MR) is 83.1 cm³/mol. The Morgan fingerprint density at radius 2 is 1.83 bits per heavy atom. The SMILES string of the molecule is COCOc1ccccc1C(NC(=O)OC(C)(C)C)C(=O)OC. The number of ether oxygens (including phenoxy) is 4. The molecule has 1 aromatic rings. The Bertz CT molecular complexity index is 538. The van der Waals surface area contributed by atoms with E-state index in [2.05, 4.69) is 5.32 Å². The lowest BCUT2D eigenvalue weighted by Gasteiger charge is -2.23. The number of benzene rings is 1. The second-order valence-corrected chi connectivity index (χ2v) is 5.69. The van der Waals surface area contributed by atoms with Crippen molar-refractivity contribution in [3.63, 3.8) is 0 Å². The molecule has 0 saturated heterocycles. The summed E-state index contributed by atoms with van der Waals surface area (Å²) in [5.74, 6) is -0.231. The Labute approximate surface area is 135 Å². The number of methoxy groups -OCH3 is 2. The van der Waals surface area contributed by atoms with Gasteiger partial charge >= 0.3 is 12.1 Å². The highest BCUT2D eigenvalue weighted by molar-refractivity contribution is 5.83. The third-order valence-corrected chi connectivity index (χ3v) is 2.66. The first-order chi connectivity index (χ1) is 10.8. The normalized spacial score (nSPS) is 12.2. The van der Waals surface area contributed by atoms with Crippen molar-refractivity contribution in [1.29, 1.82) is 0 Å². The van der Waals surface area contributed by atoms with Crippen LogP contribution < -0.4 is 10.1 Å². The Kier molecular flexibility index (Phi) is 6.84. The van der Waals surface area contributed by atoms with Gasteiger partial charge in [0.25, 0.3) is 0 Å². The third-order valence-electron chi connectivity index (χ3n) is 2.66. The fourth-order valence-electron chi connectivity index (χ4n) is 1.78. The zero-order chi connectivity index (χ0) is 17.5. The van der Waals surface area contributed by atoms with E-state index in [0.29, 0.717) is 11.3 Å². The lowest BCUT2D eigenvalue weighted by Crippen LogP contribution is -2.38. The Morgan fingerprint density at radius 1 is 1.17 bits per heavy atom. The second kappa shape index (κ2) is 8.38. The average Bonchev–Trinajstić information content (AvgIpc) is 2.48. The van der Waals surface area contributed by atoms with Crippen molar-refractivity contribution in [3.8, 4) is 5.75 Å². The minimum atomic E-state index is -1.05. The molecule has 1 unspecified atom stereocenters. The van der Waals surface area contributed by atoms with Crippen molar-refractivity contribution in [2.24, 2.45) is 0 Å². The van der Waals surface area contributed by atoms with Gasteiger partial charge in [0.15, 0.2) is 12.8 Å². The predicted octanol–water partition coefficient (Wildman–Crippen LogP) is 2.41. The second-order valence-electron chi connectivity index (χ2n) is 5.69. The lowest BCUT2D eigenvalue weighted by molar-refractivity contribution is -0.143. The van der Waals surface area contributed by atoms with E-state index in [1.54, 1.807) is 45.0 Å². The first-order valence-electron chi connectivity index (χ1n) is 7.06. The minimum Gasteiger partial charge on any atom is -0.467 e. The number of nitrogens with one attached hydrogen (secondary N) is 1. The Balaban J connectivity index is 3.03. The van der Waals surface area contributed by atoms with E-state index < -0.39 is 23.7 Å². The standard InChI is InChI=1S/C16H23NO6/c1-16(2,3)23-15(19)17-13(14(18)21-5)11-8-6-7-9-12(11)22-10-20-4/h6-9,13H,10H2,1-5H3,(H,17,19). The molecule has 1 rings (SSSR count). The van der Waals surface area contributed by atoms with E-state index in [-0.39, 0.29) is 6.79 Å². The van der Waals surface area contributed by atoms with Crippen LogP contribution in [0.5, 0.6) is 5.75 Å². The maximum absolute atomic E-state index is 12.1. The highest BCUT2D eigenvalue weighted by Crippen LogP contribution is 2.26. The van der Waals surface area contributed by atoms with Crippen molar-refractivity contribution in [1.82, 2.24) is 5.32 Å². The van der Waals surface area contributed by atoms with Gasteiger partial charge in [-0.1, -0.05) is 18.2 Å². The van der Waals surface area contributed by atoms with E-state index in [1.165, 1.54) is 14.2 Å². The summed E-state index contributed by atoms with van der Waals surface area (Å²) in [6, 6.07) is 5.74. The maximum atomic E-state index is 12.1. The number of hydrogen-bond acceptors (Lipinski definition) is 6. The lowest BCUT2D eigenvalue weighted by atomic mass is 10.1. The van der Waals surface area contributed by atoms with Crippen LogP contribution in [0.25, 0.3) is 0 Å². The van der Waals surface area contributed by atoms with Crippen molar-refractivity contribution >= 4 is 12.1 Å². The highest BCUT2D eigenvalue weighted by Gasteiger charge is 2.28. The summed E-state index contributed by atoms with van der Waals surface area (Å²) < 4.78 is 20.2. The van der Waals surface area contributed by atoms with Gasteiger partial charge in [0.05, 0.1) is 7.11 Å². The van der Waals surface area contributed by atoms with Gasteiger partial charge in [-0.3, -0.25) is 0 Å². The molecule has 23 heavy (non-hydrogen) atoms. The van der Waals surface area contributed by atoms with E-state index in [4.69, 9.17) is 18.9 Å². The van der Waals surface area contributed by atoms with Crippen LogP contribution in [0.4, 0.5) is 4.79 Å². The number of alkyl carbamates (subject to hydrolysis) is 1. The molecule has 0 saturated carbocycles. The number of hydrogen-bond donors (Lipinski definition) is 1. The number of carbonyl (C=O) groups excluding carboxylic acids is 2. The molecule has 0 aliphatic heterocycles. The minimum absolute atomic E-state index is 0.0113. The fraction of sp³-hybridized carbons (Fsp3) is 0.500. The van der Waals surface area contributed by atoms with Crippen LogP contribution in [-0.4, -0.2) is 38.7 Å². The molecule has 0 fully saturated rings. The molecule has 1 amide bonds. The number of esters is 1. The van der Waals surface area contributed by atoms with Crippen molar-refractivity contribution in [2.75, 3.05) is 21.0 Å². The van der Waals surface area contributed by atoms with E-state index in [0.717, 1.165) is 0 Å². The smallest absolute Gasteiger partial charge is 0.408 e. The molecular weight excluding hydrogens is 302 g/mol. The Morgan fingerprint density at radius 3 is 2.39 bits per heavy atom. The van der Waals surface area contributed by atoms with Crippen molar-refractivity contribution in [3.05, 3.63) is 29.8 Å². The van der Waals surface area contributed by atoms with Gasteiger partial charge < -0.3 is 24.3 Å². The van der Waals surface area contributed by atoms with Crippen LogP contribution in [-0.2, 0) is 19.0 Å². The molecule has 0 aliphatic rings. The largest absolute Gasteiger partial charge is 0.467 e. The summed E-state index contributed by atoms with van der Waals surface area (Å²) in [7, 11) is 2.73. The molecule has 0 spiro atoms. The quantitative estimate of drug-likeness (QED) is 0.639. The summed E-state index contributed by atoms with van der Waals surface area (Å²) in [4.78, 5) is 24.0. The molecule has 0 aliphatic carbocycles. The van der Waals surface area contributed by atoms with E-state index >= 15 is 0 Å². The Hall–Kier alpha value is -2.28. The summed E-state index contributed by atoms with van der Waals surface area (Å²) in [5.41, 5.74) is -0.237. The zero-order valence-electron chi connectivity index (χ0n) is 14.0. The van der Waals surface area contributed by atoms with Gasteiger partial charge in [0, 0.05) is 12.7 Å². The molecular formula is C16H23NO6. The maximum Gasteiger partial charge on any atom is 0.408 e. The van der Waals surface area contributed by atoms with Gasteiger partial charge in [-0.25, -0.2) is 9.59 Å². The molecule has 0 radical (unpaired) electrons. The van der Waals surface area contributed by atoms with Gasteiger partial charge in [-0.05, 0) is 26.8 Å². The first-order valence-corrected chi connectivity index (χ1v) is 7.06. The first kappa shape index (κ1) is 18.8. The summed E-state index contributed by atoms with van der Waals surface area (Å²) in [5, 5.41) is 2.50. The number of rotatable bonds is 6. The fourth-order valence-corrected chi connectivity index (χ4v) is 1.78. The van der Waals surface area contributed by atoms with Gasteiger partial charge in [-0.2, -0.15) is 0 Å². The number of amides is 1. The molecule has 0 bridgehead atoms. The van der Waals surface area contributed by atoms with Crippen LogP contribution in [0.1, 0.15) is 32.4 Å². The number of para-hydroxylation sites is 1. The molecule has 0 aromatic heterocycles. The van der Waals surface area contributed by atoms with Crippen LogP contribution >= 0.6 is 0 Å². The monoisotopic (exact) mass is 325 g/mol.